The molecule has 2 aliphatic heterocycles. The van der Waals surface area contributed by atoms with Gasteiger partial charge in [-0.25, -0.2) is 4.79 Å². The van der Waals surface area contributed by atoms with Gasteiger partial charge in [-0.15, -0.1) is 0 Å². The summed E-state index contributed by atoms with van der Waals surface area (Å²) < 4.78 is 15.5. The van der Waals surface area contributed by atoms with Gasteiger partial charge >= 0.3 is 11.9 Å². The summed E-state index contributed by atoms with van der Waals surface area (Å²) in [5.74, 6) is 0.294. The van der Waals surface area contributed by atoms with E-state index >= 15 is 0 Å². The standard InChI is InChI=1S/C19H22N2O6/c1-2-25-19(24)18(23)21-7-5-20(6-8-21)17(22)14-10-13(14)12-3-4-15-16(9-12)27-11-26-15/h3-4,9,13-14H,2,5-8,10-11H2,1H3/t13-,14+/m1/s1. The lowest BCUT2D eigenvalue weighted by Gasteiger charge is -2.34. The molecule has 1 aromatic rings. The molecule has 2 atom stereocenters. The molecule has 2 fully saturated rings. The van der Waals surface area contributed by atoms with Crippen LogP contribution in [0, 0.1) is 5.92 Å². The second-order valence-electron chi connectivity index (χ2n) is 6.90. The van der Waals surface area contributed by atoms with E-state index in [1.165, 1.54) is 4.90 Å². The van der Waals surface area contributed by atoms with Crippen molar-refractivity contribution in [1.82, 2.24) is 9.80 Å². The lowest BCUT2D eigenvalue weighted by Crippen LogP contribution is -2.52. The van der Waals surface area contributed by atoms with Gasteiger partial charge in [0, 0.05) is 32.1 Å². The topological polar surface area (TPSA) is 85.4 Å². The van der Waals surface area contributed by atoms with E-state index in [0.717, 1.165) is 23.5 Å². The normalized spacial score (nSPS) is 23.1. The zero-order valence-corrected chi connectivity index (χ0v) is 15.2. The number of ether oxygens (including phenoxy) is 3. The van der Waals surface area contributed by atoms with E-state index in [2.05, 4.69) is 0 Å². The number of carbonyl (C=O) groups excluding carboxylic acids is 3. The van der Waals surface area contributed by atoms with E-state index in [9.17, 15) is 14.4 Å². The Hall–Kier alpha value is -2.77. The third-order valence-corrected chi connectivity index (χ3v) is 5.26. The Kier molecular flexibility index (Phi) is 4.63. The Morgan fingerprint density at radius 3 is 2.52 bits per heavy atom. The highest BCUT2D eigenvalue weighted by atomic mass is 16.7. The molecule has 2 amide bonds. The lowest BCUT2D eigenvalue weighted by atomic mass is 10.1. The molecule has 1 aliphatic carbocycles. The Labute approximate surface area is 157 Å². The molecule has 8 nitrogen and oxygen atoms in total. The highest BCUT2D eigenvalue weighted by Gasteiger charge is 2.46. The van der Waals surface area contributed by atoms with Crippen LogP contribution in [0.4, 0.5) is 0 Å². The molecule has 2 heterocycles. The molecule has 0 radical (unpaired) electrons. The number of nitrogens with zero attached hydrogens (tertiary/aromatic N) is 2. The minimum atomic E-state index is -0.831. The van der Waals surface area contributed by atoms with Crippen LogP contribution in [-0.2, 0) is 19.1 Å². The van der Waals surface area contributed by atoms with E-state index in [-0.39, 0.29) is 31.1 Å². The summed E-state index contributed by atoms with van der Waals surface area (Å²) in [4.78, 5) is 39.5. The van der Waals surface area contributed by atoms with Gasteiger partial charge in [-0.3, -0.25) is 9.59 Å². The molecule has 0 spiro atoms. The second-order valence-corrected chi connectivity index (χ2v) is 6.90. The van der Waals surface area contributed by atoms with Gasteiger partial charge in [0.25, 0.3) is 0 Å². The maximum atomic E-state index is 12.8. The molecule has 4 rings (SSSR count). The summed E-state index contributed by atoms with van der Waals surface area (Å²) in [6.07, 6.45) is 0.820. The maximum absolute atomic E-state index is 12.8. The van der Waals surface area contributed by atoms with Crippen molar-refractivity contribution in [1.29, 1.82) is 0 Å². The Bertz CT molecular complexity index is 771. The summed E-state index contributed by atoms with van der Waals surface area (Å²) in [5, 5.41) is 0. The van der Waals surface area contributed by atoms with Crippen LogP contribution in [-0.4, -0.2) is 67.2 Å². The van der Waals surface area contributed by atoms with Crippen molar-refractivity contribution >= 4 is 17.8 Å². The third kappa shape index (κ3) is 3.43. The van der Waals surface area contributed by atoms with Crippen LogP contribution in [0.25, 0.3) is 0 Å². The lowest BCUT2D eigenvalue weighted by molar-refractivity contribution is -0.161. The molecule has 8 heteroatoms. The van der Waals surface area contributed by atoms with Crippen molar-refractivity contribution in [3.63, 3.8) is 0 Å². The highest BCUT2D eigenvalue weighted by molar-refractivity contribution is 6.32. The number of rotatable bonds is 3. The van der Waals surface area contributed by atoms with Gasteiger partial charge in [0.2, 0.25) is 12.7 Å². The first-order valence-corrected chi connectivity index (χ1v) is 9.23. The van der Waals surface area contributed by atoms with Crippen LogP contribution in [0.15, 0.2) is 18.2 Å². The third-order valence-electron chi connectivity index (χ3n) is 5.26. The quantitative estimate of drug-likeness (QED) is 0.573. The molecular weight excluding hydrogens is 352 g/mol. The van der Waals surface area contributed by atoms with Crippen LogP contribution in [0.1, 0.15) is 24.8 Å². The molecule has 144 valence electrons. The predicted octanol–water partition coefficient (Wildman–Crippen LogP) is 0.753. The Morgan fingerprint density at radius 2 is 1.78 bits per heavy atom. The predicted molar refractivity (Wildman–Crippen MR) is 93.2 cm³/mol. The van der Waals surface area contributed by atoms with Crippen molar-refractivity contribution in [3.8, 4) is 11.5 Å². The van der Waals surface area contributed by atoms with Crippen LogP contribution < -0.4 is 9.47 Å². The molecule has 3 aliphatic rings. The fourth-order valence-corrected chi connectivity index (χ4v) is 3.67. The van der Waals surface area contributed by atoms with Gasteiger partial charge in [-0.1, -0.05) is 6.07 Å². The minimum Gasteiger partial charge on any atom is -0.459 e. The van der Waals surface area contributed by atoms with Crippen LogP contribution in [0.3, 0.4) is 0 Å². The SMILES string of the molecule is CCOC(=O)C(=O)N1CCN(C(=O)[C@H]2C[C@@H]2c2ccc3c(c2)OCO3)CC1. The molecule has 1 saturated heterocycles. The fourth-order valence-electron chi connectivity index (χ4n) is 3.67. The number of hydrogen-bond donors (Lipinski definition) is 0. The zero-order chi connectivity index (χ0) is 19.0. The first-order chi connectivity index (χ1) is 13.1. The largest absolute Gasteiger partial charge is 0.459 e. The Morgan fingerprint density at radius 1 is 1.07 bits per heavy atom. The van der Waals surface area contributed by atoms with E-state index in [4.69, 9.17) is 14.2 Å². The molecule has 1 saturated carbocycles. The van der Waals surface area contributed by atoms with Gasteiger partial charge in [0.1, 0.15) is 0 Å². The first kappa shape index (κ1) is 17.6. The van der Waals surface area contributed by atoms with Crippen LogP contribution >= 0.6 is 0 Å². The van der Waals surface area contributed by atoms with Gasteiger partial charge in [0.15, 0.2) is 11.5 Å². The van der Waals surface area contributed by atoms with Gasteiger partial charge in [-0.2, -0.15) is 0 Å². The number of benzene rings is 1. The summed E-state index contributed by atoms with van der Waals surface area (Å²) in [6, 6.07) is 5.83. The second kappa shape index (κ2) is 7.09. The molecular formula is C19H22N2O6. The number of hydrogen-bond acceptors (Lipinski definition) is 6. The molecule has 0 N–H and O–H groups in total. The van der Waals surface area contributed by atoms with E-state index < -0.39 is 11.9 Å². The van der Waals surface area contributed by atoms with Gasteiger partial charge in [0.05, 0.1) is 6.61 Å². The number of carbonyl (C=O) groups is 3. The van der Waals surface area contributed by atoms with E-state index in [0.29, 0.717) is 26.2 Å². The molecule has 0 unspecified atom stereocenters. The van der Waals surface area contributed by atoms with Crippen molar-refractivity contribution in [2.75, 3.05) is 39.6 Å². The zero-order valence-electron chi connectivity index (χ0n) is 15.2. The number of amides is 2. The van der Waals surface area contributed by atoms with Crippen molar-refractivity contribution in [2.45, 2.75) is 19.3 Å². The average Bonchev–Trinajstić information content (AvgIpc) is 3.36. The van der Waals surface area contributed by atoms with Crippen LogP contribution in [0.2, 0.25) is 0 Å². The molecule has 0 bridgehead atoms. The van der Waals surface area contributed by atoms with E-state index in [1.807, 2.05) is 18.2 Å². The van der Waals surface area contributed by atoms with Gasteiger partial charge in [-0.05, 0) is 37.0 Å². The minimum absolute atomic E-state index is 0.0299. The number of esters is 1. The van der Waals surface area contributed by atoms with Crippen molar-refractivity contribution in [3.05, 3.63) is 23.8 Å². The maximum Gasteiger partial charge on any atom is 0.397 e. The van der Waals surface area contributed by atoms with Gasteiger partial charge < -0.3 is 24.0 Å². The van der Waals surface area contributed by atoms with Crippen molar-refractivity contribution in [2.24, 2.45) is 5.92 Å². The molecule has 0 aromatic heterocycles. The highest BCUT2D eigenvalue weighted by Crippen LogP contribution is 2.50. The fraction of sp³-hybridized carbons (Fsp3) is 0.526. The van der Waals surface area contributed by atoms with E-state index in [1.54, 1.807) is 11.8 Å². The summed E-state index contributed by atoms with van der Waals surface area (Å²) in [7, 11) is 0. The van der Waals surface area contributed by atoms with Crippen LogP contribution in [0.5, 0.6) is 11.5 Å². The summed E-state index contributed by atoms with van der Waals surface area (Å²) in [5.41, 5.74) is 1.09. The Balaban J connectivity index is 1.30. The monoisotopic (exact) mass is 374 g/mol. The average molecular weight is 374 g/mol. The smallest absolute Gasteiger partial charge is 0.397 e. The summed E-state index contributed by atoms with van der Waals surface area (Å²) in [6.45, 7) is 3.65. The number of fused-ring (bicyclic) bond motifs is 1. The molecule has 1 aromatic carbocycles. The first-order valence-electron chi connectivity index (χ1n) is 9.23. The summed E-state index contributed by atoms with van der Waals surface area (Å²) >= 11 is 0. The number of piperazine rings is 1. The molecule has 27 heavy (non-hydrogen) atoms. The van der Waals surface area contributed by atoms with Crippen molar-refractivity contribution < 1.29 is 28.6 Å².